The van der Waals surface area contributed by atoms with Crippen LogP contribution in [-0.2, 0) is 23.0 Å². The molecule has 8 nitrogen and oxygen atoms in total. The Morgan fingerprint density at radius 1 is 1.02 bits per heavy atom. The van der Waals surface area contributed by atoms with E-state index in [4.69, 9.17) is 21.1 Å². The maximum absolute atomic E-state index is 16.4. The number of rotatable bonds is 9. The number of amides is 1. The normalized spacial score (nSPS) is 14.9. The van der Waals surface area contributed by atoms with E-state index in [0.717, 1.165) is 23.7 Å². The van der Waals surface area contributed by atoms with Gasteiger partial charge in [-0.05, 0) is 60.9 Å². The number of benzene rings is 3. The van der Waals surface area contributed by atoms with Gasteiger partial charge in [-0.1, -0.05) is 35.9 Å². The number of Topliss-reactive ketones (excluding diaryl/α,β-unsaturated/α-hetero) is 1. The number of alkyl halides is 1. The van der Waals surface area contributed by atoms with Crippen molar-refractivity contribution in [3.63, 3.8) is 0 Å². The molecule has 1 fully saturated rings. The van der Waals surface area contributed by atoms with Gasteiger partial charge in [0.05, 0.1) is 28.9 Å². The van der Waals surface area contributed by atoms with E-state index in [2.05, 4.69) is 5.32 Å². The largest absolute Gasteiger partial charge is 0.465 e. The van der Waals surface area contributed by atoms with Gasteiger partial charge in [0.15, 0.2) is 0 Å². The van der Waals surface area contributed by atoms with Crippen molar-refractivity contribution in [1.29, 1.82) is 0 Å². The summed E-state index contributed by atoms with van der Waals surface area (Å²) in [6.07, 6.45) is 2.94. The highest BCUT2D eigenvalue weighted by Gasteiger charge is 2.48. The van der Waals surface area contributed by atoms with Gasteiger partial charge in [-0.3, -0.25) is 9.59 Å². The molecule has 0 aliphatic carbocycles. The number of ether oxygens (including phenoxy) is 2. The van der Waals surface area contributed by atoms with Crippen LogP contribution >= 0.6 is 11.6 Å². The lowest BCUT2D eigenvalue weighted by Gasteiger charge is -2.33. The second kappa shape index (κ2) is 11.7. The van der Waals surface area contributed by atoms with Crippen LogP contribution in [0.4, 0.5) is 10.1 Å². The molecular weight excluding hydrogens is 549 g/mol. The Morgan fingerprint density at radius 3 is 2.41 bits per heavy atom. The molecule has 1 N–H and O–H groups in total. The summed E-state index contributed by atoms with van der Waals surface area (Å²) in [5.74, 6) is -4.26. The van der Waals surface area contributed by atoms with Gasteiger partial charge < -0.3 is 19.4 Å². The number of aromatic nitrogens is 1. The number of aryl methyl sites for hydroxylation is 1. The fraction of sp³-hybridized carbons (Fsp3) is 0.258. The monoisotopic (exact) mass is 577 g/mol. The number of ketones is 1. The Balaban J connectivity index is 1.32. The minimum Gasteiger partial charge on any atom is -0.465 e. The van der Waals surface area contributed by atoms with Crippen molar-refractivity contribution in [2.45, 2.75) is 25.2 Å². The lowest BCUT2D eigenvalue weighted by atomic mass is 10.1. The number of hydrogen-bond donors (Lipinski definition) is 1. The fourth-order valence-corrected chi connectivity index (χ4v) is 5.26. The third-order valence-electron chi connectivity index (χ3n) is 7.17. The number of fused-ring (bicyclic) bond motifs is 1. The number of anilines is 1. The van der Waals surface area contributed by atoms with Crippen LogP contribution in [0.25, 0.3) is 10.9 Å². The molecule has 0 bridgehead atoms. The summed E-state index contributed by atoms with van der Waals surface area (Å²) in [5.41, 5.74) is 2.54. The molecule has 1 aromatic heterocycles. The lowest BCUT2D eigenvalue weighted by molar-refractivity contribution is -0.191. The SMILES string of the molecule is COC(=O)c1ccc(OC(F)(C(=O)Cc2ccc(NC(=O)c3cn(C)c4ccccc34)c(Cl)c2)N2CCCC2)cc1. The molecule has 1 unspecified atom stereocenters. The second-order valence-electron chi connectivity index (χ2n) is 9.91. The molecule has 0 spiro atoms. The van der Waals surface area contributed by atoms with Crippen LogP contribution in [-0.4, -0.2) is 53.3 Å². The summed E-state index contributed by atoms with van der Waals surface area (Å²) in [4.78, 5) is 39.6. The van der Waals surface area contributed by atoms with Crippen molar-refractivity contribution >= 4 is 45.9 Å². The summed E-state index contributed by atoms with van der Waals surface area (Å²) < 4.78 is 28.6. The number of hydrogen-bond acceptors (Lipinski definition) is 6. The molecule has 212 valence electrons. The molecule has 1 aliphatic heterocycles. The Hall–Kier alpha value is -4.21. The maximum Gasteiger partial charge on any atom is 0.371 e. The van der Waals surface area contributed by atoms with Crippen LogP contribution in [0.5, 0.6) is 5.75 Å². The van der Waals surface area contributed by atoms with Crippen LogP contribution in [0.15, 0.2) is 72.9 Å². The van der Waals surface area contributed by atoms with E-state index in [0.29, 0.717) is 29.9 Å². The maximum atomic E-state index is 16.4. The quantitative estimate of drug-likeness (QED) is 0.200. The third kappa shape index (κ3) is 5.82. The minimum atomic E-state index is -2.71. The Kier molecular flexibility index (Phi) is 8.10. The standard InChI is InChI=1S/C31H29ClFN3O5/c1-35-19-24(23-7-3-4-8-27(23)35)29(38)34-26-14-9-20(17-25(26)32)18-28(37)31(33,36-15-5-6-16-36)41-22-12-10-21(11-13-22)30(39)40-2/h3-4,7-14,17,19H,5-6,15-16,18H2,1-2H3,(H,34,38). The van der Waals surface area contributed by atoms with Crippen LogP contribution in [0.1, 0.15) is 39.1 Å². The lowest BCUT2D eigenvalue weighted by Crippen LogP contribution is -2.55. The summed E-state index contributed by atoms with van der Waals surface area (Å²) in [7, 11) is 3.13. The minimum absolute atomic E-state index is 0.102. The number of nitrogens with one attached hydrogen (secondary N) is 1. The predicted octanol–water partition coefficient (Wildman–Crippen LogP) is 5.78. The van der Waals surface area contributed by atoms with Gasteiger partial charge in [-0.25, -0.2) is 9.69 Å². The van der Waals surface area contributed by atoms with E-state index < -0.39 is 17.7 Å². The molecule has 5 rings (SSSR count). The molecule has 1 aliphatic rings. The summed E-state index contributed by atoms with van der Waals surface area (Å²) in [6.45, 7) is 0.727. The molecule has 3 aromatic carbocycles. The summed E-state index contributed by atoms with van der Waals surface area (Å²) in [6, 6.07) is 18.1. The van der Waals surface area contributed by atoms with Crippen LogP contribution in [0, 0.1) is 0 Å². The molecule has 1 saturated heterocycles. The van der Waals surface area contributed by atoms with Crippen LogP contribution in [0.3, 0.4) is 0 Å². The van der Waals surface area contributed by atoms with E-state index in [1.807, 2.05) is 35.9 Å². The first-order chi connectivity index (χ1) is 19.7. The van der Waals surface area contributed by atoms with Crippen molar-refractivity contribution in [2.75, 3.05) is 25.5 Å². The smallest absolute Gasteiger partial charge is 0.371 e. The van der Waals surface area contributed by atoms with Gasteiger partial charge in [0, 0.05) is 43.7 Å². The van der Waals surface area contributed by atoms with Crippen molar-refractivity contribution < 1.29 is 28.2 Å². The Morgan fingerprint density at radius 2 is 1.73 bits per heavy atom. The average molecular weight is 578 g/mol. The molecule has 41 heavy (non-hydrogen) atoms. The van der Waals surface area contributed by atoms with Crippen molar-refractivity contribution in [1.82, 2.24) is 9.47 Å². The Bertz CT molecular complexity index is 1610. The highest BCUT2D eigenvalue weighted by atomic mass is 35.5. The van der Waals surface area contributed by atoms with E-state index in [1.54, 1.807) is 18.3 Å². The van der Waals surface area contributed by atoms with Gasteiger partial charge in [0.1, 0.15) is 5.75 Å². The number of nitrogens with zero attached hydrogens (tertiary/aromatic N) is 2. The number of carbonyl (C=O) groups excluding carboxylic acids is 3. The first-order valence-corrected chi connectivity index (χ1v) is 13.6. The van der Waals surface area contributed by atoms with Gasteiger partial charge in [-0.15, -0.1) is 0 Å². The fourth-order valence-electron chi connectivity index (χ4n) is 5.01. The number of para-hydroxylation sites is 1. The highest BCUT2D eigenvalue weighted by molar-refractivity contribution is 6.34. The van der Waals surface area contributed by atoms with Gasteiger partial charge in [-0.2, -0.15) is 4.39 Å². The molecule has 2 heterocycles. The Labute approximate surface area is 241 Å². The molecular formula is C31H29ClFN3O5. The third-order valence-corrected chi connectivity index (χ3v) is 7.49. The zero-order valence-corrected chi connectivity index (χ0v) is 23.4. The molecule has 10 heteroatoms. The van der Waals surface area contributed by atoms with Gasteiger partial charge in [0.2, 0.25) is 5.78 Å². The average Bonchev–Trinajstić information content (AvgIpc) is 3.64. The summed E-state index contributed by atoms with van der Waals surface area (Å²) in [5, 5.41) is 3.86. The molecule has 1 amide bonds. The van der Waals surface area contributed by atoms with E-state index in [-0.39, 0.29) is 28.7 Å². The second-order valence-corrected chi connectivity index (χ2v) is 10.3. The zero-order chi connectivity index (χ0) is 29.1. The van der Waals surface area contributed by atoms with Gasteiger partial charge in [0.25, 0.3) is 5.91 Å². The van der Waals surface area contributed by atoms with Crippen molar-refractivity contribution in [2.24, 2.45) is 7.05 Å². The van der Waals surface area contributed by atoms with E-state index in [9.17, 15) is 14.4 Å². The number of methoxy groups -OCH3 is 1. The van der Waals surface area contributed by atoms with Crippen molar-refractivity contribution in [3.8, 4) is 5.75 Å². The van der Waals surface area contributed by atoms with Crippen LogP contribution < -0.4 is 10.1 Å². The first-order valence-electron chi connectivity index (χ1n) is 13.2. The number of halogens is 2. The van der Waals surface area contributed by atoms with E-state index >= 15 is 4.39 Å². The topological polar surface area (TPSA) is 89.9 Å². The van der Waals surface area contributed by atoms with Gasteiger partial charge >= 0.3 is 11.9 Å². The number of likely N-dealkylation sites (tertiary alicyclic amines) is 1. The van der Waals surface area contributed by atoms with Crippen molar-refractivity contribution in [3.05, 3.63) is 94.6 Å². The molecule has 0 radical (unpaired) electrons. The number of carbonyl (C=O) groups is 3. The number of esters is 1. The van der Waals surface area contributed by atoms with Crippen LogP contribution in [0.2, 0.25) is 5.02 Å². The molecule has 0 saturated carbocycles. The first kappa shape index (κ1) is 28.3. The molecule has 4 aromatic rings. The predicted molar refractivity (Wildman–Crippen MR) is 154 cm³/mol. The van der Waals surface area contributed by atoms with E-state index in [1.165, 1.54) is 42.3 Å². The summed E-state index contributed by atoms with van der Waals surface area (Å²) >= 11 is 6.49. The molecule has 1 atom stereocenters. The highest BCUT2D eigenvalue weighted by Crippen LogP contribution is 2.31. The zero-order valence-electron chi connectivity index (χ0n) is 22.7.